The zero-order chi connectivity index (χ0) is 24.0. The lowest BCUT2D eigenvalue weighted by molar-refractivity contribution is 0.0699. The molecule has 0 spiro atoms. The van der Waals surface area contributed by atoms with E-state index < -0.39 is 6.09 Å². The van der Waals surface area contributed by atoms with E-state index in [4.69, 9.17) is 16.3 Å². The summed E-state index contributed by atoms with van der Waals surface area (Å²) >= 11 is 7.68. The maximum absolute atomic E-state index is 13.6. The van der Waals surface area contributed by atoms with Crippen molar-refractivity contribution >= 4 is 34.9 Å². The van der Waals surface area contributed by atoms with Crippen molar-refractivity contribution in [2.45, 2.75) is 39.8 Å². The minimum absolute atomic E-state index is 0.0860. The Morgan fingerprint density at radius 2 is 2.12 bits per heavy atom. The Hall–Kier alpha value is -2.91. The highest BCUT2D eigenvalue weighted by atomic mass is 35.5. The molecule has 1 aliphatic carbocycles. The van der Waals surface area contributed by atoms with Gasteiger partial charge in [-0.25, -0.2) is 14.5 Å². The van der Waals surface area contributed by atoms with E-state index >= 15 is 0 Å². The molecule has 5 rings (SSSR count). The van der Waals surface area contributed by atoms with Crippen LogP contribution in [-0.2, 0) is 6.54 Å². The van der Waals surface area contributed by atoms with Gasteiger partial charge in [0.2, 0.25) is 5.88 Å². The first-order chi connectivity index (χ1) is 16.3. The molecule has 178 valence electrons. The van der Waals surface area contributed by atoms with Crippen LogP contribution in [0.3, 0.4) is 0 Å². The molecular formula is C24H26ClN5O3S. The molecule has 1 N–H and O–H groups in total. The van der Waals surface area contributed by atoms with Crippen LogP contribution in [-0.4, -0.2) is 50.8 Å². The van der Waals surface area contributed by atoms with Crippen molar-refractivity contribution in [1.29, 1.82) is 0 Å². The van der Waals surface area contributed by atoms with Crippen LogP contribution < -0.4 is 10.1 Å². The third kappa shape index (κ3) is 4.42. The Balaban J connectivity index is 1.30. The first kappa shape index (κ1) is 22.9. The number of hydrogen-bond acceptors (Lipinski definition) is 6. The number of nitrogens with one attached hydrogen (secondary N) is 1. The summed E-state index contributed by atoms with van der Waals surface area (Å²) in [6.07, 6.45) is 0.528. The fraction of sp³-hybridized carbons (Fsp3) is 0.417. The molecule has 2 aliphatic rings. The number of carbonyl (C=O) groups excluding carboxylic acids is 2. The average molecular weight is 500 g/mol. The van der Waals surface area contributed by atoms with Crippen LogP contribution in [0.4, 0.5) is 4.79 Å². The molecule has 0 radical (unpaired) electrons. The molecule has 8 nitrogen and oxygen atoms in total. The quantitative estimate of drug-likeness (QED) is 0.537. The summed E-state index contributed by atoms with van der Waals surface area (Å²) in [6.45, 7) is 7.30. The van der Waals surface area contributed by atoms with E-state index in [1.165, 1.54) is 11.3 Å². The van der Waals surface area contributed by atoms with Gasteiger partial charge in [0, 0.05) is 30.7 Å². The summed E-state index contributed by atoms with van der Waals surface area (Å²) in [5, 5.41) is 8.59. The van der Waals surface area contributed by atoms with Gasteiger partial charge >= 0.3 is 6.09 Å². The number of amides is 2. The summed E-state index contributed by atoms with van der Waals surface area (Å²) in [5.74, 6) is 1.17. The van der Waals surface area contributed by atoms with Crippen molar-refractivity contribution in [3.05, 3.63) is 51.7 Å². The van der Waals surface area contributed by atoms with Crippen LogP contribution in [0.2, 0.25) is 5.02 Å². The summed E-state index contributed by atoms with van der Waals surface area (Å²) in [7, 11) is 0. The van der Waals surface area contributed by atoms with Gasteiger partial charge in [-0.3, -0.25) is 4.79 Å². The first-order valence-electron chi connectivity index (χ1n) is 11.4. The third-order valence-electron chi connectivity index (χ3n) is 6.40. The number of benzene rings is 1. The molecule has 2 amide bonds. The van der Waals surface area contributed by atoms with Gasteiger partial charge in [-0.1, -0.05) is 23.7 Å². The molecule has 0 unspecified atom stereocenters. The van der Waals surface area contributed by atoms with Crippen LogP contribution in [0.25, 0.3) is 10.4 Å². The minimum atomic E-state index is -0.546. The molecule has 1 aliphatic heterocycles. The van der Waals surface area contributed by atoms with Crippen molar-refractivity contribution < 1.29 is 14.3 Å². The van der Waals surface area contributed by atoms with E-state index in [1.807, 2.05) is 49.9 Å². The molecule has 3 aromatic rings. The Morgan fingerprint density at radius 3 is 2.88 bits per heavy atom. The summed E-state index contributed by atoms with van der Waals surface area (Å²) in [6, 6.07) is 9.12. The molecule has 1 saturated carbocycles. The number of thiazole rings is 1. The molecule has 1 saturated heterocycles. The Labute approximate surface area is 206 Å². The lowest BCUT2D eigenvalue weighted by Crippen LogP contribution is -2.46. The van der Waals surface area contributed by atoms with Crippen LogP contribution in [0.5, 0.6) is 5.88 Å². The summed E-state index contributed by atoms with van der Waals surface area (Å²) < 4.78 is 7.10. The minimum Gasteiger partial charge on any atom is -0.392 e. The van der Waals surface area contributed by atoms with E-state index in [-0.39, 0.29) is 11.9 Å². The van der Waals surface area contributed by atoms with E-state index in [1.54, 1.807) is 10.7 Å². The number of aromatic nitrogens is 3. The predicted octanol–water partition coefficient (Wildman–Crippen LogP) is 4.55. The number of ether oxygens (including phenoxy) is 1. The summed E-state index contributed by atoms with van der Waals surface area (Å²) in [4.78, 5) is 33.4. The molecule has 2 aromatic heterocycles. The van der Waals surface area contributed by atoms with Gasteiger partial charge in [0.15, 0.2) is 0 Å². The van der Waals surface area contributed by atoms with E-state index in [0.717, 1.165) is 27.6 Å². The zero-order valence-electron chi connectivity index (χ0n) is 19.2. The van der Waals surface area contributed by atoms with Crippen molar-refractivity contribution in [1.82, 2.24) is 25.0 Å². The normalized spacial score (nSPS) is 20.8. The number of nitrogens with zero attached hydrogens (tertiary/aromatic N) is 4. The number of aryl methyl sites for hydroxylation is 3. The molecule has 34 heavy (non-hydrogen) atoms. The van der Waals surface area contributed by atoms with Crippen molar-refractivity contribution in [3.63, 3.8) is 0 Å². The van der Waals surface area contributed by atoms with E-state index in [9.17, 15) is 9.59 Å². The Bertz CT molecular complexity index is 1260. The number of piperidine rings is 1. The fourth-order valence-electron chi connectivity index (χ4n) is 4.75. The van der Waals surface area contributed by atoms with Gasteiger partial charge in [-0.05, 0) is 56.7 Å². The number of halogens is 1. The molecule has 2 fully saturated rings. The largest absolute Gasteiger partial charge is 0.414 e. The maximum atomic E-state index is 13.6. The second kappa shape index (κ2) is 9.03. The second-order valence-corrected chi connectivity index (χ2v) is 10.5. The first-order valence-corrected chi connectivity index (χ1v) is 12.6. The van der Waals surface area contributed by atoms with Gasteiger partial charge in [0.1, 0.15) is 5.69 Å². The molecule has 3 atom stereocenters. The second-order valence-electron chi connectivity index (χ2n) is 8.82. The van der Waals surface area contributed by atoms with E-state index in [0.29, 0.717) is 48.1 Å². The smallest absolute Gasteiger partial charge is 0.392 e. The van der Waals surface area contributed by atoms with Gasteiger partial charge in [0.05, 0.1) is 21.6 Å². The third-order valence-corrected chi connectivity index (χ3v) is 7.66. The Morgan fingerprint density at radius 1 is 1.29 bits per heavy atom. The van der Waals surface area contributed by atoms with Crippen LogP contribution in [0.1, 0.15) is 34.5 Å². The highest BCUT2D eigenvalue weighted by Gasteiger charge is 2.54. The highest BCUT2D eigenvalue weighted by Crippen LogP contribution is 2.50. The van der Waals surface area contributed by atoms with Crippen LogP contribution >= 0.6 is 22.9 Å². The standard InChI is InChI=1S/C24H26ClN5O3S/c1-4-30-20(8-13(2)28-30)33-24(32)26-11-19-18-10-16(18)12-29(19)23(31)21-22(34-14(3)27-21)15-6-5-7-17(25)9-15/h5-9,16,18-19H,4,10-12H2,1-3H3,(H,26,32)/t16-,18-,19+/m0/s1. The van der Waals surface area contributed by atoms with E-state index in [2.05, 4.69) is 15.4 Å². The van der Waals surface area contributed by atoms with Crippen LogP contribution in [0, 0.1) is 25.7 Å². The molecule has 0 bridgehead atoms. The number of fused-ring (bicyclic) bond motifs is 1. The van der Waals surface area contributed by atoms with Gasteiger partial charge in [0.25, 0.3) is 5.91 Å². The molecule has 1 aromatic carbocycles. The number of likely N-dealkylation sites (tertiary alicyclic amines) is 1. The van der Waals surface area contributed by atoms with Crippen molar-refractivity contribution in [3.8, 4) is 16.3 Å². The highest BCUT2D eigenvalue weighted by molar-refractivity contribution is 7.15. The lowest BCUT2D eigenvalue weighted by Gasteiger charge is -2.27. The molecular weight excluding hydrogens is 474 g/mol. The van der Waals surface area contributed by atoms with Crippen LogP contribution in [0.15, 0.2) is 30.3 Å². The monoisotopic (exact) mass is 499 g/mol. The maximum Gasteiger partial charge on any atom is 0.414 e. The zero-order valence-corrected chi connectivity index (χ0v) is 20.8. The van der Waals surface area contributed by atoms with Gasteiger partial charge < -0.3 is 15.0 Å². The predicted molar refractivity (Wildman–Crippen MR) is 130 cm³/mol. The Kier molecular flexibility index (Phi) is 6.07. The number of carbonyl (C=O) groups is 2. The molecule has 10 heteroatoms. The van der Waals surface area contributed by atoms with Gasteiger partial charge in [-0.2, -0.15) is 5.10 Å². The van der Waals surface area contributed by atoms with Gasteiger partial charge in [-0.15, -0.1) is 11.3 Å². The van der Waals surface area contributed by atoms with Crippen molar-refractivity contribution in [2.75, 3.05) is 13.1 Å². The van der Waals surface area contributed by atoms with Crippen molar-refractivity contribution in [2.24, 2.45) is 11.8 Å². The SMILES string of the molecule is CCn1nc(C)cc1OC(=O)NC[C@@H]1[C@H]2C[C@H]2CN1C(=O)c1nc(C)sc1-c1cccc(Cl)c1. The number of rotatable bonds is 6. The summed E-state index contributed by atoms with van der Waals surface area (Å²) in [5.41, 5.74) is 2.11. The topological polar surface area (TPSA) is 89.4 Å². The fourth-order valence-corrected chi connectivity index (χ4v) is 5.85. The number of hydrogen-bond donors (Lipinski definition) is 1. The lowest BCUT2D eigenvalue weighted by atomic mass is 10.1. The average Bonchev–Trinajstić information content (AvgIpc) is 3.12. The molecule has 3 heterocycles.